The zero-order valence-corrected chi connectivity index (χ0v) is 9.34. The Bertz CT molecular complexity index is 348. The molecule has 1 aromatic rings. The fourth-order valence-electron chi connectivity index (χ4n) is 1.32. The first-order valence-electron chi connectivity index (χ1n) is 5.41. The summed E-state index contributed by atoms with van der Waals surface area (Å²) in [5, 5.41) is 9.24. The third kappa shape index (κ3) is 4.10. The minimum Gasteiger partial charge on any atom is -0.368 e. The van der Waals surface area contributed by atoms with Crippen LogP contribution >= 0.6 is 0 Å². The molecule has 0 aliphatic carbocycles. The Hall–Kier alpha value is -1.39. The van der Waals surface area contributed by atoms with Gasteiger partial charge in [-0.05, 0) is 13.3 Å². The van der Waals surface area contributed by atoms with Gasteiger partial charge >= 0.3 is 5.69 Å². The monoisotopic (exact) mass is 210 g/mol. The van der Waals surface area contributed by atoms with Crippen LogP contribution in [0.25, 0.3) is 0 Å². The number of aryl methyl sites for hydroxylation is 1. The van der Waals surface area contributed by atoms with Crippen LogP contribution in [-0.2, 0) is 0 Å². The Balaban J connectivity index is 2.37. The summed E-state index contributed by atoms with van der Waals surface area (Å²) in [4.78, 5) is 14.7. The number of nitrogens with one attached hydrogen (secondary N) is 2. The van der Waals surface area contributed by atoms with E-state index in [4.69, 9.17) is 0 Å². The predicted octanol–water partition coefficient (Wildman–Crippen LogP) is 1.47. The fraction of sp³-hybridized carbons (Fsp3) is 0.700. The van der Waals surface area contributed by atoms with Gasteiger partial charge in [-0.2, -0.15) is 10.1 Å². The molecule has 1 heterocycles. The second-order valence-corrected chi connectivity index (χ2v) is 3.56. The smallest absolute Gasteiger partial charge is 0.363 e. The van der Waals surface area contributed by atoms with E-state index in [1.807, 2.05) is 6.92 Å². The summed E-state index contributed by atoms with van der Waals surface area (Å²) >= 11 is 0. The molecule has 0 atom stereocenters. The van der Waals surface area contributed by atoms with E-state index in [0.717, 1.165) is 18.7 Å². The van der Waals surface area contributed by atoms with Gasteiger partial charge in [0, 0.05) is 6.54 Å². The molecule has 0 unspecified atom stereocenters. The molecule has 0 saturated carbocycles. The number of nitrogens with zero attached hydrogens (tertiary/aromatic N) is 2. The lowest BCUT2D eigenvalue weighted by Crippen LogP contribution is -2.17. The van der Waals surface area contributed by atoms with E-state index in [-0.39, 0.29) is 0 Å². The number of H-pyrrole nitrogens is 1. The molecule has 0 aromatic carbocycles. The molecule has 0 bridgehead atoms. The highest BCUT2D eigenvalue weighted by Crippen LogP contribution is 2.04. The first-order valence-corrected chi connectivity index (χ1v) is 5.41. The zero-order valence-electron chi connectivity index (χ0n) is 9.34. The molecule has 5 heteroatoms. The van der Waals surface area contributed by atoms with Gasteiger partial charge in [0.15, 0.2) is 5.82 Å². The molecule has 0 spiro atoms. The van der Waals surface area contributed by atoms with Crippen molar-refractivity contribution in [2.24, 2.45) is 0 Å². The molecular weight excluding hydrogens is 192 g/mol. The van der Waals surface area contributed by atoms with E-state index < -0.39 is 5.69 Å². The predicted molar refractivity (Wildman–Crippen MR) is 60.0 cm³/mol. The van der Waals surface area contributed by atoms with Crippen molar-refractivity contribution in [3.63, 3.8) is 0 Å². The van der Waals surface area contributed by atoms with E-state index >= 15 is 0 Å². The Kier molecular flexibility index (Phi) is 4.80. The average molecular weight is 210 g/mol. The standard InChI is InChI=1S/C10H18N4O/c1-3-4-5-6-7-11-9-8(2)13-14-10(15)12-9/h3-7H2,1-2H3,(H2,11,12,14,15). The van der Waals surface area contributed by atoms with Crippen molar-refractivity contribution in [2.75, 3.05) is 11.9 Å². The van der Waals surface area contributed by atoms with E-state index in [1.54, 1.807) is 0 Å². The highest BCUT2D eigenvalue weighted by Gasteiger charge is 2.00. The fourth-order valence-corrected chi connectivity index (χ4v) is 1.32. The van der Waals surface area contributed by atoms with E-state index in [2.05, 4.69) is 27.4 Å². The maximum atomic E-state index is 10.9. The van der Waals surface area contributed by atoms with Gasteiger partial charge in [-0.25, -0.2) is 9.89 Å². The number of aromatic nitrogens is 3. The first kappa shape index (κ1) is 11.7. The second kappa shape index (κ2) is 6.16. The van der Waals surface area contributed by atoms with Crippen LogP contribution in [0.3, 0.4) is 0 Å². The summed E-state index contributed by atoms with van der Waals surface area (Å²) in [5.41, 5.74) is 0.321. The molecule has 0 amide bonds. The Morgan fingerprint density at radius 1 is 1.33 bits per heavy atom. The molecular formula is C10H18N4O. The van der Waals surface area contributed by atoms with Crippen molar-refractivity contribution in [3.8, 4) is 0 Å². The maximum Gasteiger partial charge on any atom is 0.363 e. The Labute approximate surface area is 89.3 Å². The maximum absolute atomic E-state index is 10.9. The first-order chi connectivity index (χ1) is 7.24. The molecule has 0 aliphatic rings. The molecule has 15 heavy (non-hydrogen) atoms. The molecule has 0 fully saturated rings. The van der Waals surface area contributed by atoms with Crippen LogP contribution < -0.4 is 11.0 Å². The van der Waals surface area contributed by atoms with Crippen LogP contribution in [0, 0.1) is 6.92 Å². The van der Waals surface area contributed by atoms with Gasteiger partial charge in [-0.15, -0.1) is 0 Å². The van der Waals surface area contributed by atoms with E-state index in [9.17, 15) is 4.79 Å². The largest absolute Gasteiger partial charge is 0.368 e. The van der Waals surface area contributed by atoms with Crippen LogP contribution in [0.2, 0.25) is 0 Å². The third-order valence-electron chi connectivity index (χ3n) is 2.20. The number of rotatable bonds is 6. The van der Waals surface area contributed by atoms with Gasteiger partial charge in [0.2, 0.25) is 0 Å². The molecule has 0 saturated heterocycles. The van der Waals surface area contributed by atoms with Crippen molar-refractivity contribution in [1.29, 1.82) is 0 Å². The lowest BCUT2D eigenvalue weighted by molar-refractivity contribution is 0.683. The molecule has 2 N–H and O–H groups in total. The lowest BCUT2D eigenvalue weighted by atomic mass is 10.2. The van der Waals surface area contributed by atoms with Crippen LogP contribution in [0.4, 0.5) is 5.82 Å². The summed E-state index contributed by atoms with van der Waals surface area (Å²) in [6.45, 7) is 4.84. The number of aromatic amines is 1. The van der Waals surface area contributed by atoms with Crippen LogP contribution in [0.15, 0.2) is 4.79 Å². The van der Waals surface area contributed by atoms with Crippen LogP contribution in [0.5, 0.6) is 0 Å². The molecule has 0 radical (unpaired) electrons. The highest BCUT2D eigenvalue weighted by atomic mass is 16.1. The van der Waals surface area contributed by atoms with Gasteiger partial charge in [-0.1, -0.05) is 26.2 Å². The summed E-state index contributed by atoms with van der Waals surface area (Å²) < 4.78 is 0. The Morgan fingerprint density at radius 3 is 2.87 bits per heavy atom. The summed E-state index contributed by atoms with van der Waals surface area (Å²) in [6.07, 6.45) is 4.78. The van der Waals surface area contributed by atoms with Crippen LogP contribution in [0.1, 0.15) is 38.3 Å². The van der Waals surface area contributed by atoms with Crippen molar-refractivity contribution >= 4 is 5.82 Å². The molecule has 1 aromatic heterocycles. The molecule has 84 valence electrons. The topological polar surface area (TPSA) is 70.7 Å². The van der Waals surface area contributed by atoms with Crippen molar-refractivity contribution in [1.82, 2.24) is 15.2 Å². The Morgan fingerprint density at radius 2 is 2.13 bits per heavy atom. The zero-order chi connectivity index (χ0) is 11.1. The number of hydrogen-bond acceptors (Lipinski definition) is 4. The highest BCUT2D eigenvalue weighted by molar-refractivity contribution is 5.37. The van der Waals surface area contributed by atoms with E-state index in [1.165, 1.54) is 19.3 Å². The minimum absolute atomic E-state index is 0.406. The van der Waals surface area contributed by atoms with Crippen molar-refractivity contribution in [2.45, 2.75) is 39.5 Å². The van der Waals surface area contributed by atoms with Crippen molar-refractivity contribution < 1.29 is 0 Å². The van der Waals surface area contributed by atoms with Crippen molar-refractivity contribution in [3.05, 3.63) is 16.2 Å². The van der Waals surface area contributed by atoms with Crippen LogP contribution in [-0.4, -0.2) is 21.7 Å². The van der Waals surface area contributed by atoms with Gasteiger partial charge in [0.05, 0.1) is 0 Å². The minimum atomic E-state index is -0.406. The third-order valence-corrected chi connectivity index (χ3v) is 2.20. The average Bonchev–Trinajstić information content (AvgIpc) is 2.23. The molecule has 1 rings (SSSR count). The SMILES string of the molecule is CCCCCCNc1nc(=O)[nH]nc1C. The second-order valence-electron chi connectivity index (χ2n) is 3.56. The van der Waals surface area contributed by atoms with E-state index in [0.29, 0.717) is 5.82 Å². The molecule has 5 nitrogen and oxygen atoms in total. The molecule has 0 aliphatic heterocycles. The summed E-state index contributed by atoms with van der Waals surface area (Å²) in [7, 11) is 0. The number of unbranched alkanes of at least 4 members (excludes halogenated alkanes) is 3. The summed E-state index contributed by atoms with van der Waals surface area (Å²) in [6, 6.07) is 0. The normalized spacial score (nSPS) is 10.3. The lowest BCUT2D eigenvalue weighted by Gasteiger charge is -2.05. The summed E-state index contributed by atoms with van der Waals surface area (Å²) in [5.74, 6) is 0.593. The number of hydrogen-bond donors (Lipinski definition) is 2. The van der Waals surface area contributed by atoms with Gasteiger partial charge in [0.1, 0.15) is 5.69 Å². The quantitative estimate of drug-likeness (QED) is 0.697. The van der Waals surface area contributed by atoms with Gasteiger partial charge in [-0.3, -0.25) is 0 Å². The van der Waals surface area contributed by atoms with Gasteiger partial charge in [0.25, 0.3) is 0 Å². The number of anilines is 1. The van der Waals surface area contributed by atoms with Gasteiger partial charge < -0.3 is 5.32 Å².